The number of aryl methyl sites for hydroxylation is 1. The van der Waals surface area contributed by atoms with E-state index in [9.17, 15) is 14.3 Å². The second kappa shape index (κ2) is 6.09. The Labute approximate surface area is 139 Å². The molecule has 1 aliphatic rings. The summed E-state index contributed by atoms with van der Waals surface area (Å²) in [7, 11) is 3.75. The van der Waals surface area contributed by atoms with Gasteiger partial charge < -0.3 is 14.7 Å². The van der Waals surface area contributed by atoms with E-state index in [2.05, 4.69) is 0 Å². The van der Waals surface area contributed by atoms with Gasteiger partial charge in [0.2, 0.25) is 5.78 Å². The maximum atomic E-state index is 13.0. The Balaban J connectivity index is 2.06. The minimum absolute atomic E-state index is 0.107. The number of carbonyl (C=O) groups excluding carboxylic acids is 1. The van der Waals surface area contributed by atoms with Crippen molar-refractivity contribution in [2.24, 2.45) is 0 Å². The van der Waals surface area contributed by atoms with Crippen molar-refractivity contribution in [2.75, 3.05) is 14.1 Å². The van der Waals surface area contributed by atoms with Gasteiger partial charge in [-0.15, -0.1) is 0 Å². The number of nitrogens with zero attached hydrogens (tertiary/aromatic N) is 1. The first kappa shape index (κ1) is 16.2. The van der Waals surface area contributed by atoms with E-state index in [1.165, 1.54) is 12.1 Å². The molecule has 0 spiro atoms. The number of rotatable bonds is 3. The van der Waals surface area contributed by atoms with Crippen molar-refractivity contribution in [1.29, 1.82) is 0 Å². The highest BCUT2D eigenvalue weighted by Gasteiger charge is 2.33. The molecule has 0 aliphatic carbocycles. The number of allylic oxidation sites excluding steroid dienone is 1. The lowest BCUT2D eigenvalue weighted by Gasteiger charge is -2.15. The van der Waals surface area contributed by atoms with E-state index < -0.39 is 0 Å². The number of fused-ring (bicyclic) bond motifs is 1. The summed E-state index contributed by atoms with van der Waals surface area (Å²) in [5, 5.41) is 10.2. The zero-order valence-electron chi connectivity index (χ0n) is 13.8. The summed E-state index contributed by atoms with van der Waals surface area (Å²) < 4.78 is 18.8. The van der Waals surface area contributed by atoms with Gasteiger partial charge in [0.15, 0.2) is 5.76 Å². The van der Waals surface area contributed by atoms with Gasteiger partial charge in [0.25, 0.3) is 0 Å². The van der Waals surface area contributed by atoms with Crippen molar-refractivity contribution in [3.63, 3.8) is 0 Å². The monoisotopic (exact) mass is 327 g/mol. The quantitative estimate of drug-likeness (QED) is 0.877. The molecule has 2 aromatic carbocycles. The molecule has 3 rings (SSSR count). The second-order valence-electron chi connectivity index (χ2n) is 6.12. The highest BCUT2D eigenvalue weighted by molar-refractivity contribution is 6.15. The van der Waals surface area contributed by atoms with E-state index in [1.54, 1.807) is 31.2 Å². The topological polar surface area (TPSA) is 49.8 Å². The third kappa shape index (κ3) is 2.90. The largest absolute Gasteiger partial charge is 0.507 e. The first-order valence-corrected chi connectivity index (χ1v) is 7.57. The predicted octanol–water partition coefficient (Wildman–Crippen LogP) is 3.52. The van der Waals surface area contributed by atoms with Gasteiger partial charge in [0.05, 0.1) is 11.1 Å². The number of halogens is 1. The third-order valence-electron chi connectivity index (χ3n) is 3.86. The van der Waals surface area contributed by atoms with Crippen molar-refractivity contribution in [1.82, 2.24) is 4.90 Å². The SMILES string of the molecule is Cc1cc(O)c(CN(C)C)c2c1C(=O)/C(=C\c1ccc(F)cc1)O2. The van der Waals surface area contributed by atoms with Gasteiger partial charge in [-0.25, -0.2) is 4.39 Å². The molecule has 124 valence electrons. The van der Waals surface area contributed by atoms with Gasteiger partial charge in [0, 0.05) is 6.54 Å². The number of Topliss-reactive ketones (excluding diaryl/α,β-unsaturated/α-hetero) is 1. The molecule has 0 saturated carbocycles. The molecule has 0 amide bonds. The van der Waals surface area contributed by atoms with Crippen LogP contribution in [0.3, 0.4) is 0 Å². The molecule has 0 radical (unpaired) electrons. The van der Waals surface area contributed by atoms with Crippen LogP contribution in [0, 0.1) is 12.7 Å². The molecule has 2 aromatic rings. The molecule has 1 N–H and O–H groups in total. The first-order chi connectivity index (χ1) is 11.4. The summed E-state index contributed by atoms with van der Waals surface area (Å²) in [5.41, 5.74) is 2.38. The fourth-order valence-electron chi connectivity index (χ4n) is 2.76. The van der Waals surface area contributed by atoms with Gasteiger partial charge in [-0.05, 0) is 56.4 Å². The summed E-state index contributed by atoms with van der Waals surface area (Å²) in [5.74, 6) is 0.112. The Morgan fingerprint density at radius 2 is 1.92 bits per heavy atom. The summed E-state index contributed by atoms with van der Waals surface area (Å²) in [6, 6.07) is 7.39. The van der Waals surface area contributed by atoms with Gasteiger partial charge >= 0.3 is 0 Å². The number of phenols is 1. The Hall–Kier alpha value is -2.66. The van der Waals surface area contributed by atoms with Crippen LogP contribution in [0.25, 0.3) is 6.08 Å². The van der Waals surface area contributed by atoms with E-state index in [1.807, 2.05) is 19.0 Å². The van der Waals surface area contributed by atoms with Gasteiger partial charge in [-0.2, -0.15) is 0 Å². The maximum absolute atomic E-state index is 13.0. The van der Waals surface area contributed by atoms with Crippen molar-refractivity contribution in [3.8, 4) is 11.5 Å². The lowest BCUT2D eigenvalue weighted by molar-refractivity contribution is 0.101. The van der Waals surface area contributed by atoms with E-state index >= 15 is 0 Å². The summed E-state index contributed by atoms with van der Waals surface area (Å²) >= 11 is 0. The third-order valence-corrected chi connectivity index (χ3v) is 3.86. The average molecular weight is 327 g/mol. The lowest BCUT2D eigenvalue weighted by atomic mass is 9.99. The maximum Gasteiger partial charge on any atom is 0.232 e. The molecular weight excluding hydrogens is 309 g/mol. The molecule has 0 unspecified atom stereocenters. The van der Waals surface area contributed by atoms with Crippen molar-refractivity contribution in [2.45, 2.75) is 13.5 Å². The normalized spacial score (nSPS) is 15.0. The van der Waals surface area contributed by atoms with Gasteiger partial charge in [-0.3, -0.25) is 4.79 Å². The van der Waals surface area contributed by atoms with Crippen molar-refractivity contribution >= 4 is 11.9 Å². The van der Waals surface area contributed by atoms with E-state index in [0.29, 0.717) is 34.5 Å². The highest BCUT2D eigenvalue weighted by Crippen LogP contribution is 2.42. The molecule has 0 atom stereocenters. The van der Waals surface area contributed by atoms with E-state index in [-0.39, 0.29) is 23.1 Å². The molecular formula is C19H18FNO3. The predicted molar refractivity (Wildman–Crippen MR) is 89.6 cm³/mol. The van der Waals surface area contributed by atoms with Crippen molar-refractivity contribution < 1.29 is 19.0 Å². The molecule has 1 heterocycles. The number of hydrogen-bond acceptors (Lipinski definition) is 4. The van der Waals surface area contributed by atoms with Crippen LogP contribution in [0.5, 0.6) is 11.5 Å². The van der Waals surface area contributed by atoms with Crippen LogP contribution in [-0.4, -0.2) is 29.9 Å². The number of ether oxygens (including phenoxy) is 1. The summed E-state index contributed by atoms with van der Waals surface area (Å²) in [6.07, 6.45) is 1.58. The number of benzene rings is 2. The number of phenolic OH excluding ortho intramolecular Hbond substituents is 1. The minimum atomic E-state index is -0.340. The Bertz CT molecular complexity index is 839. The lowest BCUT2D eigenvalue weighted by Crippen LogP contribution is -2.12. The van der Waals surface area contributed by atoms with Gasteiger partial charge in [-0.1, -0.05) is 12.1 Å². The molecule has 5 heteroatoms. The standard InChI is InChI=1S/C19H18FNO3/c1-11-8-15(22)14(10-21(2)3)19-17(11)18(23)16(24-19)9-12-4-6-13(20)7-5-12/h4-9,22H,10H2,1-3H3/b16-9+. The molecule has 1 aliphatic heterocycles. The molecule has 0 aromatic heterocycles. The van der Waals surface area contributed by atoms with Crippen LogP contribution in [0.15, 0.2) is 36.1 Å². The fraction of sp³-hybridized carbons (Fsp3) is 0.211. The second-order valence-corrected chi connectivity index (χ2v) is 6.12. The zero-order valence-corrected chi connectivity index (χ0v) is 13.8. The Morgan fingerprint density at radius 3 is 2.54 bits per heavy atom. The smallest absolute Gasteiger partial charge is 0.232 e. The summed E-state index contributed by atoms with van der Waals surface area (Å²) in [4.78, 5) is 14.6. The number of ketones is 1. The average Bonchev–Trinajstić information content (AvgIpc) is 2.83. The molecule has 0 bridgehead atoms. The number of carbonyl (C=O) groups is 1. The molecule has 24 heavy (non-hydrogen) atoms. The first-order valence-electron chi connectivity index (χ1n) is 7.57. The molecule has 0 fully saturated rings. The van der Waals surface area contributed by atoms with E-state index in [0.717, 1.165) is 0 Å². The van der Waals surface area contributed by atoms with Crippen LogP contribution >= 0.6 is 0 Å². The van der Waals surface area contributed by atoms with Crippen LogP contribution in [0.1, 0.15) is 27.0 Å². The molecule has 4 nitrogen and oxygen atoms in total. The van der Waals surface area contributed by atoms with Crippen molar-refractivity contribution in [3.05, 3.63) is 64.2 Å². The van der Waals surface area contributed by atoms with Gasteiger partial charge in [0.1, 0.15) is 17.3 Å². The zero-order chi connectivity index (χ0) is 17.4. The Kier molecular flexibility index (Phi) is 4.11. The Morgan fingerprint density at radius 1 is 1.25 bits per heavy atom. The fourth-order valence-corrected chi connectivity index (χ4v) is 2.76. The summed E-state index contributed by atoms with van der Waals surface area (Å²) in [6.45, 7) is 2.21. The number of aromatic hydroxyl groups is 1. The van der Waals surface area contributed by atoms with Crippen LogP contribution < -0.4 is 4.74 Å². The number of hydrogen-bond donors (Lipinski definition) is 1. The molecule has 0 saturated heterocycles. The van der Waals surface area contributed by atoms with Crippen LogP contribution in [0.2, 0.25) is 0 Å². The van der Waals surface area contributed by atoms with Crippen LogP contribution in [-0.2, 0) is 6.54 Å². The van der Waals surface area contributed by atoms with E-state index in [4.69, 9.17) is 4.74 Å². The van der Waals surface area contributed by atoms with Crippen LogP contribution in [0.4, 0.5) is 4.39 Å². The highest BCUT2D eigenvalue weighted by atomic mass is 19.1. The minimum Gasteiger partial charge on any atom is -0.507 e.